The van der Waals surface area contributed by atoms with Crippen LogP contribution in [0.1, 0.15) is 26.2 Å². The highest BCUT2D eigenvalue weighted by Crippen LogP contribution is 2.35. The molecule has 9 nitrogen and oxygen atoms in total. The molecule has 1 fully saturated rings. The van der Waals surface area contributed by atoms with Crippen LogP contribution in [0.3, 0.4) is 0 Å². The normalized spacial score (nSPS) is 22.0. The Kier molecular flexibility index (Phi) is 3.86. The largest absolute Gasteiger partial charge is 0.481 e. The third-order valence-electron chi connectivity index (χ3n) is 3.55. The van der Waals surface area contributed by atoms with E-state index in [1.54, 1.807) is 7.05 Å². The highest BCUT2D eigenvalue weighted by molar-refractivity contribution is 5.88. The maximum absolute atomic E-state index is 12.0. The van der Waals surface area contributed by atoms with E-state index < -0.39 is 17.4 Å². The molecule has 0 aliphatic carbocycles. The fourth-order valence-corrected chi connectivity index (χ4v) is 2.52. The first kappa shape index (κ1) is 14.2. The van der Waals surface area contributed by atoms with Gasteiger partial charge in [0, 0.05) is 13.1 Å². The summed E-state index contributed by atoms with van der Waals surface area (Å²) in [5.41, 5.74) is -0.831. The van der Waals surface area contributed by atoms with Crippen LogP contribution in [-0.2, 0) is 11.8 Å². The third kappa shape index (κ3) is 2.70. The Labute approximate surface area is 115 Å². The van der Waals surface area contributed by atoms with Crippen LogP contribution in [0.2, 0.25) is 0 Å². The lowest BCUT2D eigenvalue weighted by atomic mass is 9.83. The number of rotatable bonds is 4. The zero-order valence-corrected chi connectivity index (χ0v) is 11.5. The summed E-state index contributed by atoms with van der Waals surface area (Å²) in [6.45, 7) is 2.57. The molecule has 0 bridgehead atoms. The molecule has 0 spiro atoms. The smallest absolute Gasteiger partial charge is 0.324 e. The van der Waals surface area contributed by atoms with Gasteiger partial charge in [-0.05, 0) is 18.1 Å². The van der Waals surface area contributed by atoms with Crippen molar-refractivity contribution in [1.82, 2.24) is 25.1 Å². The van der Waals surface area contributed by atoms with Gasteiger partial charge >= 0.3 is 12.0 Å². The van der Waals surface area contributed by atoms with Gasteiger partial charge < -0.3 is 10.0 Å². The molecule has 1 atom stereocenters. The summed E-state index contributed by atoms with van der Waals surface area (Å²) in [7, 11) is 1.59. The fraction of sp³-hybridized carbons (Fsp3) is 0.727. The summed E-state index contributed by atoms with van der Waals surface area (Å²) in [6, 6.07) is -0.391. The molecule has 1 unspecified atom stereocenters. The number of carbonyl (C=O) groups excluding carboxylic acids is 1. The summed E-state index contributed by atoms with van der Waals surface area (Å²) in [5.74, 6) is -0.729. The number of aliphatic carboxylic acids is 1. The molecule has 2 heterocycles. The second-order valence-corrected chi connectivity index (χ2v) is 5.04. The average molecular weight is 282 g/mol. The minimum Gasteiger partial charge on any atom is -0.481 e. The number of hydrogen-bond acceptors (Lipinski definition) is 5. The van der Waals surface area contributed by atoms with Crippen molar-refractivity contribution < 1.29 is 14.7 Å². The van der Waals surface area contributed by atoms with Crippen molar-refractivity contribution in [3.63, 3.8) is 0 Å². The molecule has 2 rings (SSSR count). The average Bonchev–Trinajstić information content (AvgIpc) is 2.98. The van der Waals surface area contributed by atoms with Crippen LogP contribution in [0.4, 0.5) is 10.7 Å². The highest BCUT2D eigenvalue weighted by atomic mass is 16.4. The molecule has 1 aromatic heterocycles. The molecular formula is C11H18N6O3. The number of likely N-dealkylation sites (tertiary alicyclic amines) is 1. The molecular weight excluding hydrogens is 264 g/mol. The first-order valence-electron chi connectivity index (χ1n) is 6.50. The van der Waals surface area contributed by atoms with Crippen molar-refractivity contribution in [2.75, 3.05) is 18.4 Å². The van der Waals surface area contributed by atoms with Crippen molar-refractivity contribution >= 4 is 17.9 Å². The number of urea groups is 1. The molecule has 0 saturated carbocycles. The van der Waals surface area contributed by atoms with Crippen LogP contribution < -0.4 is 5.32 Å². The van der Waals surface area contributed by atoms with Gasteiger partial charge in [0.05, 0.1) is 12.5 Å². The number of carbonyl (C=O) groups is 2. The van der Waals surface area contributed by atoms with Crippen LogP contribution in [0.15, 0.2) is 0 Å². The summed E-state index contributed by atoms with van der Waals surface area (Å²) < 4.78 is 0. The molecule has 9 heteroatoms. The molecule has 1 aromatic rings. The predicted molar refractivity (Wildman–Crippen MR) is 69.0 cm³/mol. The zero-order chi connectivity index (χ0) is 14.8. The van der Waals surface area contributed by atoms with Gasteiger partial charge in [0.1, 0.15) is 0 Å². The van der Waals surface area contributed by atoms with E-state index in [2.05, 4.69) is 20.7 Å². The van der Waals surface area contributed by atoms with Crippen molar-refractivity contribution in [3.8, 4) is 0 Å². The Bertz CT molecular complexity index is 516. The van der Waals surface area contributed by atoms with Gasteiger partial charge in [-0.2, -0.15) is 4.80 Å². The molecule has 1 aliphatic heterocycles. The quantitative estimate of drug-likeness (QED) is 0.822. The number of nitrogens with zero attached hydrogens (tertiary/aromatic N) is 5. The fourth-order valence-electron chi connectivity index (χ4n) is 2.52. The van der Waals surface area contributed by atoms with E-state index in [-0.39, 0.29) is 12.5 Å². The first-order valence-corrected chi connectivity index (χ1v) is 6.50. The Hall–Kier alpha value is -2.19. The van der Waals surface area contributed by atoms with E-state index in [0.717, 1.165) is 6.42 Å². The number of amides is 2. The SMILES string of the molecule is CCCC1(C(=O)O)CCN(C(=O)Nc2nnn(C)n2)C1. The lowest BCUT2D eigenvalue weighted by Gasteiger charge is -2.23. The minimum absolute atomic E-state index is 0.112. The van der Waals surface area contributed by atoms with Gasteiger partial charge in [0.25, 0.3) is 5.95 Å². The van der Waals surface area contributed by atoms with E-state index in [1.807, 2.05) is 6.92 Å². The summed E-state index contributed by atoms with van der Waals surface area (Å²) >= 11 is 0. The minimum atomic E-state index is -0.840. The lowest BCUT2D eigenvalue weighted by Crippen LogP contribution is -2.38. The van der Waals surface area contributed by atoms with Gasteiger partial charge in [0.15, 0.2) is 0 Å². The number of aryl methyl sites for hydroxylation is 1. The Morgan fingerprint density at radius 1 is 1.50 bits per heavy atom. The topological polar surface area (TPSA) is 113 Å². The molecule has 0 radical (unpaired) electrons. The van der Waals surface area contributed by atoms with Crippen molar-refractivity contribution in [3.05, 3.63) is 0 Å². The summed E-state index contributed by atoms with van der Waals surface area (Å²) in [4.78, 5) is 26.2. The van der Waals surface area contributed by atoms with Gasteiger partial charge in [-0.25, -0.2) is 4.79 Å². The van der Waals surface area contributed by atoms with Crippen LogP contribution in [0.5, 0.6) is 0 Å². The summed E-state index contributed by atoms with van der Waals surface area (Å²) in [6.07, 6.45) is 1.81. The lowest BCUT2D eigenvalue weighted by molar-refractivity contribution is -0.148. The standard InChI is InChI=1S/C11H18N6O3/c1-3-4-11(8(18)19)5-6-17(7-11)10(20)12-9-13-15-16(2)14-9/h3-7H2,1-2H3,(H,18,19)(H,12,14,20). The maximum Gasteiger partial charge on any atom is 0.324 e. The van der Waals surface area contributed by atoms with Crippen LogP contribution in [-0.4, -0.2) is 55.3 Å². The van der Waals surface area contributed by atoms with E-state index >= 15 is 0 Å². The number of nitrogens with one attached hydrogen (secondary N) is 1. The van der Waals surface area contributed by atoms with Crippen molar-refractivity contribution in [2.24, 2.45) is 12.5 Å². The Balaban J connectivity index is 2.01. The van der Waals surface area contributed by atoms with Crippen molar-refractivity contribution in [1.29, 1.82) is 0 Å². The van der Waals surface area contributed by atoms with E-state index in [9.17, 15) is 14.7 Å². The second kappa shape index (κ2) is 5.43. The number of tetrazole rings is 1. The second-order valence-electron chi connectivity index (χ2n) is 5.04. The van der Waals surface area contributed by atoms with Gasteiger partial charge in [-0.15, -0.1) is 5.10 Å². The monoisotopic (exact) mass is 282 g/mol. The number of carboxylic acids is 1. The van der Waals surface area contributed by atoms with E-state index in [0.29, 0.717) is 19.4 Å². The Morgan fingerprint density at radius 2 is 2.25 bits per heavy atom. The number of carboxylic acid groups (broad SMARTS) is 1. The number of anilines is 1. The van der Waals surface area contributed by atoms with Crippen LogP contribution in [0.25, 0.3) is 0 Å². The maximum atomic E-state index is 12.0. The van der Waals surface area contributed by atoms with Gasteiger partial charge in [0.2, 0.25) is 0 Å². The molecule has 20 heavy (non-hydrogen) atoms. The number of hydrogen-bond donors (Lipinski definition) is 2. The van der Waals surface area contributed by atoms with Crippen LogP contribution >= 0.6 is 0 Å². The molecule has 2 N–H and O–H groups in total. The van der Waals surface area contributed by atoms with Gasteiger partial charge in [-0.1, -0.05) is 18.4 Å². The molecule has 1 saturated heterocycles. The van der Waals surface area contributed by atoms with Crippen LogP contribution in [0, 0.1) is 5.41 Å². The summed E-state index contributed by atoms with van der Waals surface area (Å²) in [5, 5.41) is 23.0. The number of aromatic nitrogens is 4. The Morgan fingerprint density at radius 3 is 2.80 bits per heavy atom. The zero-order valence-electron chi connectivity index (χ0n) is 11.5. The molecule has 1 aliphatic rings. The molecule has 0 aromatic carbocycles. The molecule has 2 amide bonds. The van der Waals surface area contributed by atoms with E-state index in [1.165, 1.54) is 9.70 Å². The molecule has 110 valence electrons. The first-order chi connectivity index (χ1) is 9.47. The van der Waals surface area contributed by atoms with Crippen molar-refractivity contribution in [2.45, 2.75) is 26.2 Å². The predicted octanol–water partition coefficient (Wildman–Crippen LogP) is 0.319. The van der Waals surface area contributed by atoms with E-state index in [4.69, 9.17) is 0 Å². The van der Waals surface area contributed by atoms with Gasteiger partial charge in [-0.3, -0.25) is 10.1 Å². The highest BCUT2D eigenvalue weighted by Gasteiger charge is 2.45. The third-order valence-corrected chi connectivity index (χ3v) is 3.55.